The number of phenolic OH excluding ortho intramolecular Hbond substituents is 1. The van der Waals surface area contributed by atoms with Crippen molar-refractivity contribution in [2.75, 3.05) is 5.32 Å². The van der Waals surface area contributed by atoms with Crippen LogP contribution in [0.3, 0.4) is 0 Å². The predicted molar refractivity (Wildman–Crippen MR) is 76.9 cm³/mol. The maximum atomic E-state index is 12.0. The number of carbonyl (C=O) groups is 1. The number of nitro benzene ring substituents is 1. The Hall–Kier alpha value is -2.41. The molecule has 0 saturated heterocycles. The number of aromatic hydroxyl groups is 1. The van der Waals surface area contributed by atoms with Gasteiger partial charge < -0.3 is 10.4 Å². The van der Waals surface area contributed by atoms with Gasteiger partial charge in [-0.05, 0) is 40.2 Å². The number of amides is 1. The Kier molecular flexibility index (Phi) is 3.99. The van der Waals surface area contributed by atoms with Crippen LogP contribution in [0.2, 0.25) is 0 Å². The molecule has 2 aromatic rings. The number of benzene rings is 2. The smallest absolute Gasteiger partial charge is 0.292 e. The molecule has 0 aromatic heterocycles. The highest BCUT2D eigenvalue weighted by Crippen LogP contribution is 2.26. The van der Waals surface area contributed by atoms with Crippen molar-refractivity contribution in [3.8, 4) is 5.75 Å². The van der Waals surface area contributed by atoms with E-state index in [1.807, 2.05) is 0 Å². The molecule has 6 nitrogen and oxygen atoms in total. The molecule has 0 heterocycles. The highest BCUT2D eigenvalue weighted by Gasteiger charge is 2.16. The molecule has 102 valence electrons. The van der Waals surface area contributed by atoms with Gasteiger partial charge in [-0.15, -0.1) is 0 Å². The lowest BCUT2D eigenvalue weighted by atomic mass is 10.2. The van der Waals surface area contributed by atoms with Gasteiger partial charge in [0.15, 0.2) is 0 Å². The first-order valence-corrected chi connectivity index (χ1v) is 6.31. The fraction of sp³-hybridized carbons (Fsp3) is 0. The molecular weight excluding hydrogens is 328 g/mol. The van der Waals surface area contributed by atoms with Gasteiger partial charge >= 0.3 is 0 Å². The lowest BCUT2D eigenvalue weighted by molar-refractivity contribution is -0.383. The maximum absolute atomic E-state index is 12.0. The quantitative estimate of drug-likeness (QED) is 0.664. The average Bonchev–Trinajstić information content (AvgIpc) is 2.42. The van der Waals surface area contributed by atoms with Crippen LogP contribution >= 0.6 is 15.9 Å². The van der Waals surface area contributed by atoms with E-state index in [1.54, 1.807) is 6.07 Å². The van der Waals surface area contributed by atoms with Crippen molar-refractivity contribution in [3.63, 3.8) is 0 Å². The number of hydrogen-bond acceptors (Lipinski definition) is 4. The monoisotopic (exact) mass is 336 g/mol. The van der Waals surface area contributed by atoms with Gasteiger partial charge in [-0.2, -0.15) is 0 Å². The van der Waals surface area contributed by atoms with Crippen molar-refractivity contribution in [2.24, 2.45) is 0 Å². The highest BCUT2D eigenvalue weighted by atomic mass is 79.9. The number of nitro groups is 1. The Morgan fingerprint density at radius 3 is 2.60 bits per heavy atom. The molecular formula is C13H9BrN2O4. The summed E-state index contributed by atoms with van der Waals surface area (Å²) in [6.07, 6.45) is 0. The summed E-state index contributed by atoms with van der Waals surface area (Å²) in [6.45, 7) is 0. The van der Waals surface area contributed by atoms with Crippen molar-refractivity contribution in [1.82, 2.24) is 0 Å². The number of carbonyl (C=O) groups excluding carboxylic acids is 1. The van der Waals surface area contributed by atoms with Crippen molar-refractivity contribution in [2.45, 2.75) is 0 Å². The summed E-state index contributed by atoms with van der Waals surface area (Å²) < 4.78 is 0.368. The molecule has 0 unspecified atom stereocenters. The number of hydrogen-bond donors (Lipinski definition) is 2. The van der Waals surface area contributed by atoms with Crippen LogP contribution in [0.5, 0.6) is 5.75 Å². The molecule has 0 fully saturated rings. The van der Waals surface area contributed by atoms with Gasteiger partial charge in [0.1, 0.15) is 11.4 Å². The van der Waals surface area contributed by atoms with E-state index in [0.29, 0.717) is 4.47 Å². The van der Waals surface area contributed by atoms with Crippen molar-refractivity contribution in [3.05, 3.63) is 62.6 Å². The first-order valence-electron chi connectivity index (χ1n) is 5.52. The third kappa shape index (κ3) is 2.94. The van der Waals surface area contributed by atoms with Crippen molar-refractivity contribution in [1.29, 1.82) is 0 Å². The number of rotatable bonds is 3. The largest absolute Gasteiger partial charge is 0.507 e. The van der Waals surface area contributed by atoms with Gasteiger partial charge in [-0.1, -0.05) is 12.1 Å². The normalized spacial score (nSPS) is 10.1. The highest BCUT2D eigenvalue weighted by molar-refractivity contribution is 9.10. The van der Waals surface area contributed by atoms with E-state index >= 15 is 0 Å². The van der Waals surface area contributed by atoms with E-state index in [2.05, 4.69) is 21.2 Å². The van der Waals surface area contributed by atoms with Crippen LogP contribution in [0, 0.1) is 10.1 Å². The lowest BCUT2D eigenvalue weighted by Gasteiger charge is -2.06. The molecule has 20 heavy (non-hydrogen) atoms. The van der Waals surface area contributed by atoms with E-state index < -0.39 is 10.8 Å². The minimum Gasteiger partial charge on any atom is -0.507 e. The Labute approximate surface area is 122 Å². The summed E-state index contributed by atoms with van der Waals surface area (Å²) in [5, 5.41) is 22.7. The average molecular weight is 337 g/mol. The summed E-state index contributed by atoms with van der Waals surface area (Å²) in [4.78, 5) is 22.3. The first kappa shape index (κ1) is 14.0. The Balaban J connectivity index is 2.28. The number of nitrogens with zero attached hydrogens (tertiary/aromatic N) is 1. The minimum atomic E-state index is -0.567. The van der Waals surface area contributed by atoms with Gasteiger partial charge in [0.25, 0.3) is 11.6 Å². The number of halogens is 1. The van der Waals surface area contributed by atoms with Crippen LogP contribution in [0.25, 0.3) is 0 Å². The summed E-state index contributed by atoms with van der Waals surface area (Å²) in [5.74, 6) is -0.493. The zero-order chi connectivity index (χ0) is 14.7. The Bertz CT molecular complexity index is 688. The Morgan fingerprint density at radius 2 is 1.95 bits per heavy atom. The van der Waals surface area contributed by atoms with E-state index in [0.717, 1.165) is 0 Å². The van der Waals surface area contributed by atoms with Crippen LogP contribution in [-0.4, -0.2) is 15.9 Å². The lowest BCUT2D eigenvalue weighted by Crippen LogP contribution is -2.13. The second kappa shape index (κ2) is 5.70. The molecule has 0 saturated carbocycles. The zero-order valence-electron chi connectivity index (χ0n) is 10.0. The second-order valence-corrected chi connectivity index (χ2v) is 4.75. The summed E-state index contributed by atoms with van der Waals surface area (Å²) in [5.41, 5.74) is 0.207. The van der Waals surface area contributed by atoms with Gasteiger partial charge in [-0.25, -0.2) is 0 Å². The molecule has 0 spiro atoms. The standard InChI is InChI=1S/C13H9BrN2O4/c14-9-7-8(5-6-12(9)17)13(18)15-10-3-1-2-4-11(10)16(19)20/h1-7,17H,(H,15,18). The minimum absolute atomic E-state index is 0.00671. The topological polar surface area (TPSA) is 92.5 Å². The summed E-state index contributed by atoms with van der Waals surface area (Å²) >= 11 is 3.10. The molecule has 0 aliphatic rings. The second-order valence-electron chi connectivity index (χ2n) is 3.89. The van der Waals surface area contributed by atoms with Gasteiger partial charge in [0.2, 0.25) is 0 Å². The third-order valence-electron chi connectivity index (χ3n) is 2.56. The molecule has 0 radical (unpaired) electrons. The first-order chi connectivity index (χ1) is 9.49. The maximum Gasteiger partial charge on any atom is 0.292 e. The van der Waals surface area contributed by atoms with Crippen LogP contribution in [-0.2, 0) is 0 Å². The molecule has 0 aliphatic heterocycles. The summed E-state index contributed by atoms with van der Waals surface area (Å²) in [6, 6.07) is 10.1. The number of nitrogens with one attached hydrogen (secondary N) is 1. The molecule has 2 N–H and O–H groups in total. The van der Waals surface area contributed by atoms with E-state index in [-0.39, 0.29) is 22.7 Å². The van der Waals surface area contributed by atoms with Gasteiger partial charge in [-0.3, -0.25) is 14.9 Å². The SMILES string of the molecule is O=C(Nc1ccccc1[N+](=O)[O-])c1ccc(O)c(Br)c1. The molecule has 2 aromatic carbocycles. The van der Waals surface area contributed by atoms with Crippen LogP contribution in [0.1, 0.15) is 10.4 Å². The molecule has 1 amide bonds. The Morgan fingerprint density at radius 1 is 1.25 bits per heavy atom. The van der Waals surface area contributed by atoms with E-state index in [4.69, 9.17) is 0 Å². The fourth-order valence-corrected chi connectivity index (χ4v) is 1.96. The van der Waals surface area contributed by atoms with Gasteiger partial charge in [0, 0.05) is 11.6 Å². The van der Waals surface area contributed by atoms with E-state index in [9.17, 15) is 20.0 Å². The number of anilines is 1. The van der Waals surface area contributed by atoms with Crippen LogP contribution in [0.15, 0.2) is 46.9 Å². The molecule has 7 heteroatoms. The van der Waals surface area contributed by atoms with Crippen molar-refractivity contribution >= 4 is 33.2 Å². The third-order valence-corrected chi connectivity index (χ3v) is 3.19. The number of phenols is 1. The van der Waals surface area contributed by atoms with Crippen molar-refractivity contribution < 1.29 is 14.8 Å². The number of para-hydroxylation sites is 2. The molecule has 0 atom stereocenters. The summed E-state index contributed by atoms with van der Waals surface area (Å²) in [7, 11) is 0. The fourth-order valence-electron chi connectivity index (χ4n) is 1.58. The molecule has 2 rings (SSSR count). The predicted octanol–water partition coefficient (Wildman–Crippen LogP) is 3.32. The molecule has 0 bridgehead atoms. The van der Waals surface area contributed by atoms with Gasteiger partial charge in [0.05, 0.1) is 9.40 Å². The van der Waals surface area contributed by atoms with E-state index in [1.165, 1.54) is 36.4 Å². The van der Waals surface area contributed by atoms with Crippen LogP contribution in [0.4, 0.5) is 11.4 Å². The molecule has 0 aliphatic carbocycles. The zero-order valence-corrected chi connectivity index (χ0v) is 11.6. The van der Waals surface area contributed by atoms with Crippen LogP contribution < -0.4 is 5.32 Å².